The highest BCUT2D eigenvalue weighted by molar-refractivity contribution is 5.93. The standard InChI is InChI=1S/C17H23N3O3/c1-20-13-9-12(5-6-14(13)23-16(20)22)19-15(21)10-17(11-18)7-3-2-4-8-17/h5-6,9H,2-4,7-8,10-11,18H2,1H3,(H,19,21). The molecule has 0 bridgehead atoms. The molecule has 1 amide bonds. The first-order valence-electron chi connectivity index (χ1n) is 8.12. The number of amides is 1. The van der Waals surface area contributed by atoms with Crippen molar-refractivity contribution in [2.24, 2.45) is 18.2 Å². The van der Waals surface area contributed by atoms with Gasteiger partial charge in [0, 0.05) is 19.2 Å². The molecule has 0 saturated heterocycles. The molecule has 1 fully saturated rings. The second kappa shape index (κ2) is 6.20. The number of anilines is 1. The second-order valence-electron chi connectivity index (χ2n) is 6.60. The molecule has 1 aromatic heterocycles. The largest absolute Gasteiger partial charge is 0.419 e. The second-order valence-corrected chi connectivity index (χ2v) is 6.60. The van der Waals surface area contributed by atoms with Crippen LogP contribution in [0.5, 0.6) is 0 Å². The maximum atomic E-state index is 12.4. The fourth-order valence-corrected chi connectivity index (χ4v) is 3.51. The fourth-order valence-electron chi connectivity index (χ4n) is 3.51. The van der Waals surface area contributed by atoms with E-state index in [0.717, 1.165) is 25.7 Å². The summed E-state index contributed by atoms with van der Waals surface area (Å²) in [6, 6.07) is 5.21. The third kappa shape index (κ3) is 3.17. The number of fused-ring (bicyclic) bond motifs is 1. The highest BCUT2D eigenvalue weighted by atomic mass is 16.4. The van der Waals surface area contributed by atoms with Crippen molar-refractivity contribution in [1.29, 1.82) is 0 Å². The molecule has 0 aliphatic heterocycles. The van der Waals surface area contributed by atoms with E-state index >= 15 is 0 Å². The number of hydrogen-bond acceptors (Lipinski definition) is 4. The van der Waals surface area contributed by atoms with Gasteiger partial charge in [-0.2, -0.15) is 0 Å². The van der Waals surface area contributed by atoms with Crippen LogP contribution in [-0.4, -0.2) is 17.0 Å². The van der Waals surface area contributed by atoms with Gasteiger partial charge in [-0.3, -0.25) is 9.36 Å². The number of aromatic nitrogens is 1. The molecule has 1 aliphatic carbocycles. The van der Waals surface area contributed by atoms with Crippen molar-refractivity contribution in [2.75, 3.05) is 11.9 Å². The van der Waals surface area contributed by atoms with Gasteiger partial charge in [0.15, 0.2) is 5.58 Å². The van der Waals surface area contributed by atoms with Crippen molar-refractivity contribution in [1.82, 2.24) is 4.57 Å². The van der Waals surface area contributed by atoms with Gasteiger partial charge >= 0.3 is 5.76 Å². The van der Waals surface area contributed by atoms with E-state index in [-0.39, 0.29) is 11.3 Å². The highest BCUT2D eigenvalue weighted by Crippen LogP contribution is 2.38. The van der Waals surface area contributed by atoms with Crippen LogP contribution in [0.3, 0.4) is 0 Å². The number of nitrogens with two attached hydrogens (primary N) is 1. The molecular weight excluding hydrogens is 294 g/mol. The lowest BCUT2D eigenvalue weighted by atomic mass is 9.71. The van der Waals surface area contributed by atoms with Crippen LogP contribution >= 0.6 is 0 Å². The molecule has 6 heteroatoms. The topological polar surface area (TPSA) is 90.3 Å². The number of nitrogens with zero attached hydrogens (tertiary/aromatic N) is 1. The lowest BCUT2D eigenvalue weighted by Crippen LogP contribution is -2.36. The Morgan fingerprint density at radius 3 is 2.78 bits per heavy atom. The van der Waals surface area contributed by atoms with Gasteiger partial charge in [0.2, 0.25) is 5.91 Å². The average Bonchev–Trinajstić information content (AvgIpc) is 2.83. The van der Waals surface area contributed by atoms with Gasteiger partial charge in [-0.25, -0.2) is 4.79 Å². The molecule has 23 heavy (non-hydrogen) atoms. The number of aryl methyl sites for hydroxylation is 1. The summed E-state index contributed by atoms with van der Waals surface area (Å²) < 4.78 is 6.52. The lowest BCUT2D eigenvalue weighted by molar-refractivity contribution is -0.118. The summed E-state index contributed by atoms with van der Waals surface area (Å²) >= 11 is 0. The zero-order valence-electron chi connectivity index (χ0n) is 13.4. The molecule has 124 valence electrons. The summed E-state index contributed by atoms with van der Waals surface area (Å²) in [7, 11) is 1.64. The lowest BCUT2D eigenvalue weighted by Gasteiger charge is -2.35. The Morgan fingerprint density at radius 2 is 2.09 bits per heavy atom. The van der Waals surface area contributed by atoms with Gasteiger partial charge in [-0.1, -0.05) is 19.3 Å². The molecule has 3 rings (SSSR count). The van der Waals surface area contributed by atoms with Gasteiger partial charge in [-0.05, 0) is 43.0 Å². The zero-order valence-corrected chi connectivity index (χ0v) is 13.4. The number of carbonyl (C=O) groups is 1. The predicted octanol–water partition coefficient (Wildman–Crippen LogP) is 2.37. The van der Waals surface area contributed by atoms with Crippen molar-refractivity contribution in [2.45, 2.75) is 38.5 Å². The Balaban J connectivity index is 1.74. The van der Waals surface area contributed by atoms with E-state index < -0.39 is 5.76 Å². The first-order chi connectivity index (χ1) is 11.0. The van der Waals surface area contributed by atoms with E-state index in [1.165, 1.54) is 11.0 Å². The van der Waals surface area contributed by atoms with Gasteiger partial charge in [0.05, 0.1) is 5.52 Å². The van der Waals surface area contributed by atoms with Crippen LogP contribution in [0.25, 0.3) is 11.1 Å². The summed E-state index contributed by atoms with van der Waals surface area (Å²) in [5.41, 5.74) is 7.74. The molecule has 0 spiro atoms. The molecule has 0 atom stereocenters. The molecule has 1 heterocycles. The van der Waals surface area contributed by atoms with Crippen molar-refractivity contribution in [3.63, 3.8) is 0 Å². The third-order valence-corrected chi connectivity index (χ3v) is 4.96. The quantitative estimate of drug-likeness (QED) is 0.906. The number of hydrogen-bond donors (Lipinski definition) is 2. The SMILES string of the molecule is Cn1c(=O)oc2ccc(NC(=O)CC3(CN)CCCCC3)cc21. The van der Waals surface area contributed by atoms with Crippen LogP contribution in [0.15, 0.2) is 27.4 Å². The Labute approximate surface area is 134 Å². The van der Waals surface area contributed by atoms with Crippen LogP contribution < -0.4 is 16.8 Å². The van der Waals surface area contributed by atoms with Crippen LogP contribution in [0.2, 0.25) is 0 Å². The Bertz CT molecular complexity index is 769. The number of oxazole rings is 1. The minimum absolute atomic E-state index is 0.0230. The number of benzene rings is 1. The van der Waals surface area contributed by atoms with E-state index in [1.54, 1.807) is 25.2 Å². The first kappa shape index (κ1) is 15.8. The summed E-state index contributed by atoms with van der Waals surface area (Å²) in [4.78, 5) is 23.9. The monoisotopic (exact) mass is 317 g/mol. The molecule has 2 aromatic rings. The van der Waals surface area contributed by atoms with Crippen LogP contribution in [0, 0.1) is 5.41 Å². The first-order valence-corrected chi connectivity index (χ1v) is 8.12. The van der Waals surface area contributed by atoms with E-state index in [2.05, 4.69) is 5.32 Å². The smallest absolute Gasteiger partial charge is 0.408 e. The van der Waals surface area contributed by atoms with E-state index in [1.807, 2.05) is 0 Å². The highest BCUT2D eigenvalue weighted by Gasteiger charge is 2.32. The van der Waals surface area contributed by atoms with Crippen LogP contribution in [0.1, 0.15) is 38.5 Å². The Kier molecular flexibility index (Phi) is 4.26. The van der Waals surface area contributed by atoms with Crippen molar-refractivity contribution < 1.29 is 9.21 Å². The average molecular weight is 317 g/mol. The maximum Gasteiger partial charge on any atom is 0.419 e. The van der Waals surface area contributed by atoms with Crippen molar-refractivity contribution >= 4 is 22.7 Å². The van der Waals surface area contributed by atoms with Crippen molar-refractivity contribution in [3.8, 4) is 0 Å². The van der Waals surface area contributed by atoms with Crippen molar-refractivity contribution in [3.05, 3.63) is 28.7 Å². The molecule has 3 N–H and O–H groups in total. The van der Waals surface area contributed by atoms with Gasteiger partial charge < -0.3 is 15.5 Å². The molecule has 0 unspecified atom stereocenters. The third-order valence-electron chi connectivity index (χ3n) is 4.96. The van der Waals surface area contributed by atoms with E-state index in [4.69, 9.17) is 10.2 Å². The minimum atomic E-state index is -0.409. The number of rotatable bonds is 4. The Morgan fingerprint density at radius 1 is 1.35 bits per heavy atom. The van der Waals surface area contributed by atoms with Gasteiger partial charge in [-0.15, -0.1) is 0 Å². The van der Waals surface area contributed by atoms with Gasteiger partial charge in [0.25, 0.3) is 0 Å². The maximum absolute atomic E-state index is 12.4. The molecular formula is C17H23N3O3. The Hall–Kier alpha value is -2.08. The summed E-state index contributed by atoms with van der Waals surface area (Å²) in [6.45, 7) is 0.551. The summed E-state index contributed by atoms with van der Waals surface area (Å²) in [5.74, 6) is -0.432. The predicted molar refractivity (Wildman–Crippen MR) is 89.3 cm³/mol. The zero-order chi connectivity index (χ0) is 16.4. The number of nitrogens with one attached hydrogen (secondary N) is 1. The summed E-state index contributed by atoms with van der Waals surface area (Å²) in [6.07, 6.45) is 6.01. The van der Waals surface area contributed by atoms with Crippen LogP contribution in [-0.2, 0) is 11.8 Å². The molecule has 6 nitrogen and oxygen atoms in total. The van der Waals surface area contributed by atoms with Crippen LogP contribution in [0.4, 0.5) is 5.69 Å². The minimum Gasteiger partial charge on any atom is -0.408 e. The van der Waals surface area contributed by atoms with Gasteiger partial charge in [0.1, 0.15) is 0 Å². The number of carbonyl (C=O) groups excluding carboxylic acids is 1. The molecule has 1 aromatic carbocycles. The van der Waals surface area contributed by atoms with E-state index in [9.17, 15) is 9.59 Å². The molecule has 0 radical (unpaired) electrons. The molecule has 1 aliphatic rings. The van der Waals surface area contributed by atoms with E-state index in [0.29, 0.717) is 29.8 Å². The fraction of sp³-hybridized carbons (Fsp3) is 0.529. The normalized spacial score (nSPS) is 17.3. The summed E-state index contributed by atoms with van der Waals surface area (Å²) in [5, 5.41) is 2.93. The molecule has 1 saturated carbocycles.